The summed E-state index contributed by atoms with van der Waals surface area (Å²) in [7, 11) is 0. The van der Waals surface area contributed by atoms with E-state index in [9.17, 15) is 0 Å². The van der Waals surface area contributed by atoms with Crippen molar-refractivity contribution in [2.45, 2.75) is 32.2 Å². The normalized spacial score (nSPS) is 13.1. The third kappa shape index (κ3) is 2.63. The van der Waals surface area contributed by atoms with E-state index in [1.165, 1.54) is 0 Å². The summed E-state index contributed by atoms with van der Waals surface area (Å²) in [5.74, 6) is 6.41. The predicted molar refractivity (Wildman–Crippen MR) is 70.8 cm³/mol. The van der Waals surface area contributed by atoms with Gasteiger partial charge in [0, 0.05) is 5.39 Å². The monoisotopic (exact) mass is 252 g/mol. The minimum atomic E-state index is 0.0541. The molecule has 0 saturated carbocycles. The highest BCUT2D eigenvalue weighted by atomic mass is 35.5. The van der Waals surface area contributed by atoms with Gasteiger partial charge in [0.25, 0.3) is 0 Å². The van der Waals surface area contributed by atoms with Crippen molar-refractivity contribution in [3.8, 4) is 0 Å². The van der Waals surface area contributed by atoms with Crippen LogP contribution in [-0.2, 0) is 0 Å². The van der Waals surface area contributed by atoms with Crippen molar-refractivity contribution < 1.29 is 4.42 Å². The molecule has 4 heteroatoms. The molecular weight excluding hydrogens is 236 g/mol. The third-order valence-corrected chi connectivity index (χ3v) is 3.20. The summed E-state index contributed by atoms with van der Waals surface area (Å²) < 4.78 is 5.77. The first kappa shape index (κ1) is 12.4. The van der Waals surface area contributed by atoms with Crippen molar-refractivity contribution in [1.82, 2.24) is 5.43 Å². The molecule has 17 heavy (non-hydrogen) atoms. The van der Waals surface area contributed by atoms with Crippen LogP contribution in [0.15, 0.2) is 28.7 Å². The van der Waals surface area contributed by atoms with Crippen LogP contribution in [0.3, 0.4) is 0 Å². The number of fused-ring (bicyclic) bond motifs is 1. The van der Waals surface area contributed by atoms with Crippen LogP contribution in [0, 0.1) is 0 Å². The standard InChI is InChI=1S/C13H17ClN2O/c1-2-3-7-11(16-15)12-8-9-5-4-6-10(14)13(9)17-12/h4-6,8,11,16H,2-3,7,15H2,1H3. The molecular formula is C13H17ClN2O. The van der Waals surface area contributed by atoms with Crippen LogP contribution >= 0.6 is 11.6 Å². The zero-order chi connectivity index (χ0) is 12.3. The van der Waals surface area contributed by atoms with E-state index < -0.39 is 0 Å². The van der Waals surface area contributed by atoms with Crippen LogP contribution in [0.25, 0.3) is 11.0 Å². The van der Waals surface area contributed by atoms with Gasteiger partial charge >= 0.3 is 0 Å². The molecule has 3 nitrogen and oxygen atoms in total. The molecule has 1 aromatic heterocycles. The van der Waals surface area contributed by atoms with Gasteiger partial charge in [-0.1, -0.05) is 43.5 Å². The molecule has 0 fully saturated rings. The number of rotatable bonds is 5. The van der Waals surface area contributed by atoms with E-state index in [0.29, 0.717) is 5.02 Å². The average molecular weight is 253 g/mol. The van der Waals surface area contributed by atoms with Gasteiger partial charge in [0.1, 0.15) is 5.76 Å². The van der Waals surface area contributed by atoms with Crippen LogP contribution in [-0.4, -0.2) is 0 Å². The molecule has 1 unspecified atom stereocenters. The van der Waals surface area contributed by atoms with E-state index in [1.54, 1.807) is 0 Å². The lowest BCUT2D eigenvalue weighted by Gasteiger charge is -2.11. The Morgan fingerprint density at radius 1 is 1.47 bits per heavy atom. The molecule has 92 valence electrons. The van der Waals surface area contributed by atoms with E-state index in [2.05, 4.69) is 12.3 Å². The van der Waals surface area contributed by atoms with Crippen LogP contribution in [0.2, 0.25) is 5.02 Å². The third-order valence-electron chi connectivity index (χ3n) is 2.91. The second-order valence-corrected chi connectivity index (χ2v) is 4.58. The zero-order valence-corrected chi connectivity index (χ0v) is 10.6. The first-order chi connectivity index (χ1) is 8.26. The Morgan fingerprint density at radius 2 is 2.29 bits per heavy atom. The lowest BCUT2D eigenvalue weighted by molar-refractivity contribution is 0.407. The summed E-state index contributed by atoms with van der Waals surface area (Å²) in [5, 5.41) is 1.66. The van der Waals surface area contributed by atoms with Gasteiger partial charge in [-0.3, -0.25) is 5.84 Å². The molecule has 0 bridgehead atoms. The predicted octanol–water partition coefficient (Wildman–Crippen LogP) is 3.78. The Hall–Kier alpha value is -1.03. The van der Waals surface area contributed by atoms with Crippen molar-refractivity contribution in [2.75, 3.05) is 0 Å². The quantitative estimate of drug-likeness (QED) is 0.629. The largest absolute Gasteiger partial charge is 0.458 e. The number of nitrogens with two attached hydrogens (primary N) is 1. The fourth-order valence-corrected chi connectivity index (χ4v) is 2.16. The fraction of sp³-hybridized carbons (Fsp3) is 0.385. The summed E-state index contributed by atoms with van der Waals surface area (Å²) in [6.45, 7) is 2.16. The Labute approximate surface area is 106 Å². The van der Waals surface area contributed by atoms with Gasteiger partial charge in [-0.25, -0.2) is 5.43 Å². The summed E-state index contributed by atoms with van der Waals surface area (Å²) in [4.78, 5) is 0. The molecule has 2 aromatic rings. The Balaban J connectivity index is 2.31. The number of hydrazine groups is 1. The number of furan rings is 1. The van der Waals surface area contributed by atoms with E-state index in [1.807, 2.05) is 24.3 Å². The molecule has 0 aliphatic rings. The van der Waals surface area contributed by atoms with Gasteiger partial charge in [-0.05, 0) is 18.6 Å². The van der Waals surface area contributed by atoms with Gasteiger partial charge in [0.15, 0.2) is 5.58 Å². The highest BCUT2D eigenvalue weighted by Crippen LogP contribution is 2.30. The number of nitrogens with one attached hydrogen (secondary N) is 1. The second kappa shape index (κ2) is 5.54. The van der Waals surface area contributed by atoms with Gasteiger partial charge < -0.3 is 4.42 Å². The molecule has 2 rings (SSSR count). The molecule has 0 aliphatic carbocycles. The van der Waals surface area contributed by atoms with E-state index >= 15 is 0 Å². The molecule has 0 saturated heterocycles. The van der Waals surface area contributed by atoms with Crippen LogP contribution in [0.1, 0.15) is 38.0 Å². The van der Waals surface area contributed by atoms with Crippen molar-refractivity contribution >= 4 is 22.6 Å². The summed E-state index contributed by atoms with van der Waals surface area (Å²) in [5.41, 5.74) is 3.53. The smallest absolute Gasteiger partial charge is 0.152 e. The SMILES string of the molecule is CCCCC(NN)c1cc2cccc(Cl)c2o1. The highest BCUT2D eigenvalue weighted by Gasteiger charge is 2.15. The van der Waals surface area contributed by atoms with Crippen LogP contribution in [0.4, 0.5) is 0 Å². The molecule has 1 aromatic carbocycles. The summed E-state index contributed by atoms with van der Waals surface area (Å²) >= 11 is 6.08. The lowest BCUT2D eigenvalue weighted by Crippen LogP contribution is -2.27. The van der Waals surface area contributed by atoms with Crippen molar-refractivity contribution in [2.24, 2.45) is 5.84 Å². The number of halogens is 1. The van der Waals surface area contributed by atoms with E-state index in [0.717, 1.165) is 36.0 Å². The summed E-state index contributed by atoms with van der Waals surface area (Å²) in [6, 6.07) is 7.79. The number of benzene rings is 1. The van der Waals surface area contributed by atoms with E-state index in [-0.39, 0.29) is 6.04 Å². The number of para-hydroxylation sites is 1. The van der Waals surface area contributed by atoms with Crippen molar-refractivity contribution in [3.05, 3.63) is 35.0 Å². The molecule has 0 aliphatic heterocycles. The number of hydrogen-bond acceptors (Lipinski definition) is 3. The molecule has 1 heterocycles. The van der Waals surface area contributed by atoms with Gasteiger partial charge in [-0.15, -0.1) is 0 Å². The van der Waals surface area contributed by atoms with Crippen LogP contribution in [0.5, 0.6) is 0 Å². The van der Waals surface area contributed by atoms with Gasteiger partial charge in [0.05, 0.1) is 11.1 Å². The Morgan fingerprint density at radius 3 is 2.94 bits per heavy atom. The first-order valence-corrected chi connectivity index (χ1v) is 6.28. The van der Waals surface area contributed by atoms with Gasteiger partial charge in [-0.2, -0.15) is 0 Å². The molecule has 1 atom stereocenters. The first-order valence-electron chi connectivity index (χ1n) is 5.90. The maximum absolute atomic E-state index is 6.08. The second-order valence-electron chi connectivity index (χ2n) is 4.17. The fourth-order valence-electron chi connectivity index (χ4n) is 1.94. The molecule has 3 N–H and O–H groups in total. The van der Waals surface area contributed by atoms with Gasteiger partial charge in [0.2, 0.25) is 0 Å². The Bertz CT molecular complexity index is 495. The molecule has 0 spiro atoms. The summed E-state index contributed by atoms with van der Waals surface area (Å²) in [6.07, 6.45) is 3.21. The molecule has 0 radical (unpaired) electrons. The topological polar surface area (TPSA) is 51.2 Å². The number of unbranched alkanes of at least 4 members (excludes halogenated alkanes) is 1. The minimum Gasteiger partial charge on any atom is -0.458 e. The highest BCUT2D eigenvalue weighted by molar-refractivity contribution is 6.34. The zero-order valence-electron chi connectivity index (χ0n) is 9.87. The number of hydrogen-bond donors (Lipinski definition) is 2. The van der Waals surface area contributed by atoms with Crippen molar-refractivity contribution in [1.29, 1.82) is 0 Å². The Kier molecular flexibility index (Phi) is 4.05. The van der Waals surface area contributed by atoms with Crippen LogP contribution < -0.4 is 11.3 Å². The average Bonchev–Trinajstić information content (AvgIpc) is 2.75. The van der Waals surface area contributed by atoms with E-state index in [4.69, 9.17) is 21.9 Å². The maximum atomic E-state index is 6.08. The molecule has 0 amide bonds. The maximum Gasteiger partial charge on any atom is 0.152 e. The minimum absolute atomic E-state index is 0.0541. The lowest BCUT2D eigenvalue weighted by atomic mass is 10.1. The van der Waals surface area contributed by atoms with Crippen molar-refractivity contribution in [3.63, 3.8) is 0 Å².